The number of rotatable bonds is 1. The Balaban J connectivity index is 2.19. The summed E-state index contributed by atoms with van der Waals surface area (Å²) in [7, 11) is 0. The summed E-state index contributed by atoms with van der Waals surface area (Å²) in [5.41, 5.74) is 1.36. The minimum Gasteiger partial charge on any atom is -0.306 e. The van der Waals surface area contributed by atoms with Crippen LogP contribution in [0.4, 0.5) is 0 Å². The summed E-state index contributed by atoms with van der Waals surface area (Å²) >= 11 is 0. The van der Waals surface area contributed by atoms with E-state index in [2.05, 4.69) is 47.8 Å². The van der Waals surface area contributed by atoms with E-state index in [0.717, 1.165) is 13.0 Å². The Kier molecular flexibility index (Phi) is 2.23. The van der Waals surface area contributed by atoms with Gasteiger partial charge in [0.15, 0.2) is 0 Å². The number of nitrogens with one attached hydrogen (secondary N) is 1. The molecule has 0 spiro atoms. The van der Waals surface area contributed by atoms with Crippen LogP contribution in [0.2, 0.25) is 0 Å². The van der Waals surface area contributed by atoms with E-state index >= 15 is 0 Å². The van der Waals surface area contributed by atoms with E-state index in [4.69, 9.17) is 0 Å². The molecule has 1 aromatic rings. The molecule has 62 valence electrons. The van der Waals surface area contributed by atoms with Gasteiger partial charge in [-0.15, -0.1) is 0 Å². The second-order valence-corrected chi connectivity index (χ2v) is 3.06. The van der Waals surface area contributed by atoms with Gasteiger partial charge in [0.05, 0.1) is 6.04 Å². The monoisotopic (exact) mass is 159 g/mol. The van der Waals surface area contributed by atoms with Crippen molar-refractivity contribution >= 4 is 0 Å². The maximum absolute atomic E-state index is 3.45. The molecule has 1 unspecified atom stereocenters. The van der Waals surface area contributed by atoms with Crippen LogP contribution in [-0.2, 0) is 0 Å². The predicted octanol–water partition coefficient (Wildman–Crippen LogP) is 2.28. The van der Waals surface area contributed by atoms with E-state index in [1.165, 1.54) is 5.56 Å². The third-order valence-corrected chi connectivity index (χ3v) is 2.16. The Labute approximate surface area is 73.1 Å². The smallest absolute Gasteiger partial charge is 0.0506 e. The second-order valence-electron chi connectivity index (χ2n) is 3.06. The summed E-state index contributed by atoms with van der Waals surface area (Å²) in [5, 5.41) is 3.45. The highest BCUT2D eigenvalue weighted by atomic mass is 14.9. The number of benzene rings is 1. The molecule has 0 amide bonds. The molecule has 1 aliphatic heterocycles. The first kappa shape index (κ1) is 7.56. The average molecular weight is 159 g/mol. The van der Waals surface area contributed by atoms with Crippen LogP contribution in [0.5, 0.6) is 0 Å². The van der Waals surface area contributed by atoms with Gasteiger partial charge in [-0.05, 0) is 18.5 Å². The summed E-state index contributed by atoms with van der Waals surface area (Å²) in [5.74, 6) is 0. The van der Waals surface area contributed by atoms with Crippen molar-refractivity contribution < 1.29 is 0 Å². The first-order valence-corrected chi connectivity index (χ1v) is 4.42. The lowest BCUT2D eigenvalue weighted by molar-refractivity contribution is 0.601. The minimum atomic E-state index is 0.431. The molecule has 0 fully saturated rings. The fourth-order valence-corrected chi connectivity index (χ4v) is 1.51. The second kappa shape index (κ2) is 3.55. The van der Waals surface area contributed by atoms with Crippen LogP contribution in [0.1, 0.15) is 18.0 Å². The highest BCUT2D eigenvalue weighted by molar-refractivity contribution is 5.23. The van der Waals surface area contributed by atoms with Gasteiger partial charge in [0.1, 0.15) is 0 Å². The molecule has 1 heterocycles. The van der Waals surface area contributed by atoms with Crippen LogP contribution < -0.4 is 5.32 Å². The molecule has 2 rings (SSSR count). The summed E-state index contributed by atoms with van der Waals surface area (Å²) in [6, 6.07) is 11.0. The van der Waals surface area contributed by atoms with Gasteiger partial charge in [-0.2, -0.15) is 0 Å². The van der Waals surface area contributed by atoms with E-state index in [-0.39, 0.29) is 0 Å². The third kappa shape index (κ3) is 1.56. The molecule has 1 atom stereocenters. The zero-order chi connectivity index (χ0) is 8.23. The predicted molar refractivity (Wildman–Crippen MR) is 50.9 cm³/mol. The number of hydrogen-bond acceptors (Lipinski definition) is 1. The highest BCUT2D eigenvalue weighted by Crippen LogP contribution is 2.16. The fourth-order valence-electron chi connectivity index (χ4n) is 1.51. The molecule has 0 radical (unpaired) electrons. The minimum absolute atomic E-state index is 0.431. The molecular weight excluding hydrogens is 146 g/mol. The zero-order valence-corrected chi connectivity index (χ0v) is 7.03. The number of hydrogen-bond donors (Lipinski definition) is 1. The standard InChI is InChI=1S/C11H13N/c1-2-6-10(7-3-1)11-8-4-5-9-12-11/h1-4,6-8,11-12H,5,9H2. The van der Waals surface area contributed by atoms with Crippen LogP contribution >= 0.6 is 0 Å². The topological polar surface area (TPSA) is 12.0 Å². The van der Waals surface area contributed by atoms with Gasteiger partial charge in [0.2, 0.25) is 0 Å². The van der Waals surface area contributed by atoms with Gasteiger partial charge in [0, 0.05) is 0 Å². The van der Waals surface area contributed by atoms with Crippen molar-refractivity contribution in [3.05, 3.63) is 48.0 Å². The summed E-state index contributed by atoms with van der Waals surface area (Å²) in [4.78, 5) is 0. The molecule has 1 nitrogen and oxygen atoms in total. The molecule has 1 N–H and O–H groups in total. The van der Waals surface area contributed by atoms with Crippen molar-refractivity contribution in [2.75, 3.05) is 6.54 Å². The lowest BCUT2D eigenvalue weighted by Crippen LogP contribution is -2.23. The van der Waals surface area contributed by atoms with Crippen LogP contribution in [-0.4, -0.2) is 6.54 Å². The van der Waals surface area contributed by atoms with Crippen molar-refractivity contribution in [2.24, 2.45) is 0 Å². The van der Waals surface area contributed by atoms with E-state index in [1.807, 2.05) is 0 Å². The Hall–Kier alpha value is -1.08. The fraction of sp³-hybridized carbons (Fsp3) is 0.273. The normalized spacial score (nSPS) is 22.5. The first-order chi connectivity index (χ1) is 5.97. The molecule has 0 aliphatic carbocycles. The van der Waals surface area contributed by atoms with Gasteiger partial charge in [-0.3, -0.25) is 0 Å². The summed E-state index contributed by atoms with van der Waals surface area (Å²) in [6.45, 7) is 1.09. The Bertz CT molecular complexity index is 264. The Morgan fingerprint density at radius 1 is 1.17 bits per heavy atom. The van der Waals surface area contributed by atoms with E-state index in [1.54, 1.807) is 0 Å². The molecule has 1 heteroatoms. The van der Waals surface area contributed by atoms with Gasteiger partial charge in [0.25, 0.3) is 0 Å². The maximum atomic E-state index is 3.45. The molecular formula is C11H13N. The lowest BCUT2D eigenvalue weighted by atomic mass is 10.0. The van der Waals surface area contributed by atoms with Crippen molar-refractivity contribution in [3.63, 3.8) is 0 Å². The van der Waals surface area contributed by atoms with Gasteiger partial charge >= 0.3 is 0 Å². The zero-order valence-electron chi connectivity index (χ0n) is 7.03. The quantitative estimate of drug-likeness (QED) is 0.620. The molecule has 1 aromatic carbocycles. The van der Waals surface area contributed by atoms with Gasteiger partial charge < -0.3 is 5.32 Å². The lowest BCUT2D eigenvalue weighted by Gasteiger charge is -2.18. The Morgan fingerprint density at radius 3 is 2.67 bits per heavy atom. The van der Waals surface area contributed by atoms with Crippen LogP contribution in [0.25, 0.3) is 0 Å². The van der Waals surface area contributed by atoms with Crippen LogP contribution in [0, 0.1) is 0 Å². The molecule has 12 heavy (non-hydrogen) atoms. The molecule has 0 saturated carbocycles. The Morgan fingerprint density at radius 2 is 2.00 bits per heavy atom. The maximum Gasteiger partial charge on any atom is 0.0506 e. The van der Waals surface area contributed by atoms with E-state index in [0.29, 0.717) is 6.04 Å². The first-order valence-electron chi connectivity index (χ1n) is 4.42. The van der Waals surface area contributed by atoms with Crippen LogP contribution in [0.3, 0.4) is 0 Å². The van der Waals surface area contributed by atoms with Crippen molar-refractivity contribution in [3.8, 4) is 0 Å². The molecule has 0 aromatic heterocycles. The highest BCUT2D eigenvalue weighted by Gasteiger charge is 2.07. The third-order valence-electron chi connectivity index (χ3n) is 2.16. The van der Waals surface area contributed by atoms with Crippen molar-refractivity contribution in [1.29, 1.82) is 0 Å². The molecule has 1 aliphatic rings. The van der Waals surface area contributed by atoms with Gasteiger partial charge in [-0.1, -0.05) is 42.5 Å². The van der Waals surface area contributed by atoms with Crippen LogP contribution in [0.15, 0.2) is 42.5 Å². The van der Waals surface area contributed by atoms with Crippen molar-refractivity contribution in [2.45, 2.75) is 12.5 Å². The van der Waals surface area contributed by atoms with E-state index in [9.17, 15) is 0 Å². The summed E-state index contributed by atoms with van der Waals surface area (Å²) in [6.07, 6.45) is 5.64. The van der Waals surface area contributed by atoms with Gasteiger partial charge in [-0.25, -0.2) is 0 Å². The summed E-state index contributed by atoms with van der Waals surface area (Å²) < 4.78 is 0. The SMILES string of the molecule is C1=CC(c2ccccc2)NCC1. The van der Waals surface area contributed by atoms with Crippen molar-refractivity contribution in [1.82, 2.24) is 5.32 Å². The van der Waals surface area contributed by atoms with E-state index < -0.39 is 0 Å². The largest absolute Gasteiger partial charge is 0.306 e. The average Bonchev–Trinajstić information content (AvgIpc) is 2.21. The molecule has 0 bridgehead atoms. The molecule has 0 saturated heterocycles.